The van der Waals surface area contributed by atoms with Crippen LogP contribution in [0.1, 0.15) is 30.7 Å². The first-order valence-corrected chi connectivity index (χ1v) is 11.7. The van der Waals surface area contributed by atoms with Gasteiger partial charge in [-0.3, -0.25) is 4.79 Å². The Bertz CT molecular complexity index is 1170. The molecular formula is C27H28ClN3O2. The number of amides is 1. The topological polar surface area (TPSA) is 56.2 Å². The number of hydrogen-bond donors (Lipinski definition) is 1. The van der Waals surface area contributed by atoms with Crippen molar-refractivity contribution in [2.45, 2.75) is 38.8 Å². The molecule has 0 spiro atoms. The maximum absolute atomic E-state index is 12.4. The van der Waals surface area contributed by atoms with Crippen LogP contribution in [0.15, 0.2) is 78.9 Å². The predicted octanol–water partition coefficient (Wildman–Crippen LogP) is 5.80. The van der Waals surface area contributed by atoms with Gasteiger partial charge in [0.1, 0.15) is 11.6 Å². The highest BCUT2D eigenvalue weighted by molar-refractivity contribution is 6.30. The first-order valence-electron chi connectivity index (χ1n) is 11.3. The van der Waals surface area contributed by atoms with Crippen LogP contribution in [0.3, 0.4) is 0 Å². The van der Waals surface area contributed by atoms with E-state index in [2.05, 4.69) is 16.0 Å². The molecule has 6 heteroatoms. The molecule has 0 saturated carbocycles. The summed E-state index contributed by atoms with van der Waals surface area (Å²) in [6.07, 6.45) is 3.06. The normalized spacial score (nSPS) is 10.9. The Morgan fingerprint density at radius 3 is 2.52 bits per heavy atom. The van der Waals surface area contributed by atoms with Crippen LogP contribution >= 0.6 is 11.6 Å². The van der Waals surface area contributed by atoms with E-state index in [4.69, 9.17) is 21.3 Å². The second-order valence-corrected chi connectivity index (χ2v) is 8.38. The van der Waals surface area contributed by atoms with Gasteiger partial charge in [0, 0.05) is 18.0 Å². The number of hydrogen-bond acceptors (Lipinski definition) is 3. The van der Waals surface area contributed by atoms with E-state index in [-0.39, 0.29) is 5.91 Å². The van der Waals surface area contributed by atoms with Crippen LogP contribution in [-0.2, 0) is 24.3 Å². The Morgan fingerprint density at radius 1 is 0.939 bits per heavy atom. The molecule has 0 unspecified atom stereocenters. The first kappa shape index (κ1) is 22.9. The van der Waals surface area contributed by atoms with Gasteiger partial charge in [-0.1, -0.05) is 54.1 Å². The summed E-state index contributed by atoms with van der Waals surface area (Å²) in [6.45, 7) is 1.88. The van der Waals surface area contributed by atoms with E-state index in [9.17, 15) is 4.79 Å². The number of imidazole rings is 1. The summed E-state index contributed by atoms with van der Waals surface area (Å²) in [7, 11) is 0. The maximum atomic E-state index is 12.4. The third-order valence-corrected chi connectivity index (χ3v) is 5.77. The molecule has 1 N–H and O–H groups in total. The molecule has 0 aliphatic rings. The Hall–Kier alpha value is -3.31. The van der Waals surface area contributed by atoms with Crippen molar-refractivity contribution in [3.63, 3.8) is 0 Å². The van der Waals surface area contributed by atoms with Gasteiger partial charge in [0.05, 0.1) is 24.2 Å². The molecule has 4 aromatic rings. The molecule has 0 aliphatic carbocycles. The predicted molar refractivity (Wildman–Crippen MR) is 133 cm³/mol. The van der Waals surface area contributed by atoms with Gasteiger partial charge < -0.3 is 14.6 Å². The van der Waals surface area contributed by atoms with Crippen molar-refractivity contribution in [3.8, 4) is 5.75 Å². The molecule has 170 valence electrons. The summed E-state index contributed by atoms with van der Waals surface area (Å²) in [5, 5.41) is 3.74. The number of nitrogens with zero attached hydrogens (tertiary/aromatic N) is 2. The number of carbonyl (C=O) groups excluding carboxylic acids is 1. The second-order valence-electron chi connectivity index (χ2n) is 7.94. The minimum Gasteiger partial charge on any atom is -0.494 e. The van der Waals surface area contributed by atoms with Gasteiger partial charge in [0.2, 0.25) is 5.91 Å². The average molecular weight is 462 g/mol. The molecule has 0 bridgehead atoms. The van der Waals surface area contributed by atoms with Gasteiger partial charge in [0.15, 0.2) is 0 Å². The summed E-state index contributed by atoms with van der Waals surface area (Å²) < 4.78 is 8.00. The van der Waals surface area contributed by atoms with Gasteiger partial charge in [-0.2, -0.15) is 0 Å². The molecule has 0 saturated heterocycles. The van der Waals surface area contributed by atoms with Crippen LogP contribution in [0, 0.1) is 0 Å². The highest BCUT2D eigenvalue weighted by Gasteiger charge is 2.11. The highest BCUT2D eigenvalue weighted by Crippen LogP contribution is 2.18. The maximum Gasteiger partial charge on any atom is 0.220 e. The number of nitrogens with one attached hydrogen (secondary N) is 1. The zero-order valence-electron chi connectivity index (χ0n) is 18.5. The quantitative estimate of drug-likeness (QED) is 0.287. The molecule has 1 heterocycles. The molecule has 3 aromatic carbocycles. The fraction of sp³-hybridized carbons (Fsp3) is 0.259. The van der Waals surface area contributed by atoms with Gasteiger partial charge in [-0.05, 0) is 61.2 Å². The molecule has 0 fully saturated rings. The molecule has 0 aliphatic heterocycles. The molecule has 0 radical (unpaired) electrons. The Balaban J connectivity index is 1.30. The smallest absolute Gasteiger partial charge is 0.220 e. The van der Waals surface area contributed by atoms with Crippen molar-refractivity contribution < 1.29 is 9.53 Å². The summed E-state index contributed by atoms with van der Waals surface area (Å²) >= 11 is 5.92. The number of benzene rings is 3. The summed E-state index contributed by atoms with van der Waals surface area (Å²) in [5.41, 5.74) is 3.20. The molecule has 4 rings (SSSR count). The van der Waals surface area contributed by atoms with Gasteiger partial charge in [0.25, 0.3) is 0 Å². The van der Waals surface area contributed by atoms with E-state index < -0.39 is 0 Å². The zero-order chi connectivity index (χ0) is 22.9. The SMILES string of the molecule is O=C(CCc1ccccc1)NCc1nc2ccccc2n1CCCCOc1ccc(Cl)cc1. The lowest BCUT2D eigenvalue weighted by molar-refractivity contribution is -0.121. The molecule has 1 aromatic heterocycles. The van der Waals surface area contributed by atoms with Crippen LogP contribution in [0.25, 0.3) is 11.0 Å². The number of aryl methyl sites for hydroxylation is 2. The monoisotopic (exact) mass is 461 g/mol. The molecule has 1 amide bonds. The lowest BCUT2D eigenvalue weighted by Gasteiger charge is -2.11. The lowest BCUT2D eigenvalue weighted by atomic mass is 10.1. The fourth-order valence-electron chi connectivity index (χ4n) is 3.77. The minimum atomic E-state index is 0.0359. The summed E-state index contributed by atoms with van der Waals surface area (Å²) in [4.78, 5) is 17.2. The standard InChI is InChI=1S/C27H28ClN3O2/c28-22-13-15-23(16-14-22)33-19-7-6-18-31-25-11-5-4-10-24(25)30-26(31)20-29-27(32)17-12-21-8-2-1-3-9-21/h1-5,8-11,13-16H,6-7,12,17-20H2,(H,29,32). The lowest BCUT2D eigenvalue weighted by Crippen LogP contribution is -2.25. The molecule has 0 atom stereocenters. The van der Waals surface area contributed by atoms with E-state index >= 15 is 0 Å². The number of rotatable bonds is 11. The highest BCUT2D eigenvalue weighted by atomic mass is 35.5. The van der Waals surface area contributed by atoms with Crippen molar-refractivity contribution in [2.24, 2.45) is 0 Å². The third-order valence-electron chi connectivity index (χ3n) is 5.52. The number of para-hydroxylation sites is 2. The van der Waals surface area contributed by atoms with E-state index in [1.54, 1.807) is 0 Å². The van der Waals surface area contributed by atoms with Crippen LogP contribution in [0.2, 0.25) is 5.02 Å². The summed E-state index contributed by atoms with van der Waals surface area (Å²) in [5.74, 6) is 1.74. The van der Waals surface area contributed by atoms with Crippen LogP contribution < -0.4 is 10.1 Å². The zero-order valence-corrected chi connectivity index (χ0v) is 19.3. The Morgan fingerprint density at radius 2 is 1.70 bits per heavy atom. The van der Waals surface area contributed by atoms with Gasteiger partial charge >= 0.3 is 0 Å². The Kier molecular flexibility index (Phi) is 7.99. The van der Waals surface area contributed by atoms with Crippen molar-refractivity contribution in [2.75, 3.05) is 6.61 Å². The average Bonchev–Trinajstić information content (AvgIpc) is 3.20. The van der Waals surface area contributed by atoms with Gasteiger partial charge in [-0.15, -0.1) is 0 Å². The number of aromatic nitrogens is 2. The van der Waals surface area contributed by atoms with Crippen molar-refractivity contribution in [3.05, 3.63) is 95.3 Å². The molecular weight excluding hydrogens is 434 g/mol. The van der Waals surface area contributed by atoms with Gasteiger partial charge in [-0.25, -0.2) is 4.98 Å². The van der Waals surface area contributed by atoms with Crippen LogP contribution in [0.5, 0.6) is 5.75 Å². The Labute approximate surface area is 199 Å². The fourth-order valence-corrected chi connectivity index (χ4v) is 3.90. The number of fused-ring (bicyclic) bond motifs is 1. The largest absolute Gasteiger partial charge is 0.494 e. The minimum absolute atomic E-state index is 0.0359. The molecule has 33 heavy (non-hydrogen) atoms. The number of ether oxygens (including phenoxy) is 1. The van der Waals surface area contributed by atoms with E-state index in [0.29, 0.717) is 24.6 Å². The first-order chi connectivity index (χ1) is 16.2. The second kappa shape index (κ2) is 11.5. The summed E-state index contributed by atoms with van der Waals surface area (Å²) in [6, 6.07) is 25.6. The van der Waals surface area contributed by atoms with E-state index in [1.807, 2.05) is 72.8 Å². The number of halogens is 1. The number of carbonyl (C=O) groups is 1. The number of unbranched alkanes of at least 4 members (excludes halogenated alkanes) is 1. The van der Waals surface area contributed by atoms with Crippen molar-refractivity contribution in [1.82, 2.24) is 14.9 Å². The van der Waals surface area contributed by atoms with Crippen LogP contribution in [0.4, 0.5) is 0 Å². The van der Waals surface area contributed by atoms with Crippen LogP contribution in [-0.4, -0.2) is 22.1 Å². The van der Waals surface area contributed by atoms with E-state index in [1.165, 1.54) is 5.56 Å². The van der Waals surface area contributed by atoms with Crippen molar-refractivity contribution in [1.29, 1.82) is 0 Å². The van der Waals surface area contributed by atoms with Crippen molar-refractivity contribution >= 4 is 28.5 Å². The third kappa shape index (κ3) is 6.59. The van der Waals surface area contributed by atoms with E-state index in [0.717, 1.165) is 48.4 Å². The molecule has 5 nitrogen and oxygen atoms in total.